The minimum atomic E-state index is -4.55. The lowest BCUT2D eigenvalue weighted by molar-refractivity contribution is -0.138. The number of hydrogen-bond acceptors (Lipinski definition) is 2. The molecule has 1 aromatic heterocycles. The highest BCUT2D eigenvalue weighted by Crippen LogP contribution is 2.35. The van der Waals surface area contributed by atoms with Crippen LogP contribution in [0.2, 0.25) is 5.15 Å². The number of benzene rings is 1. The number of hydrogen-bond donors (Lipinski definition) is 1. The summed E-state index contributed by atoms with van der Waals surface area (Å²) in [5.41, 5.74) is -0.835. The van der Waals surface area contributed by atoms with E-state index in [1.165, 1.54) is 24.4 Å². The van der Waals surface area contributed by atoms with Crippen LogP contribution >= 0.6 is 27.5 Å². The second-order valence-corrected chi connectivity index (χ2v) is 5.20. The summed E-state index contributed by atoms with van der Waals surface area (Å²) in [5, 5.41) is 2.46. The highest BCUT2D eigenvalue weighted by atomic mass is 79.9. The molecule has 0 fully saturated rings. The number of anilines is 1. The molecule has 1 N–H and O–H groups in total. The molecule has 0 aliphatic heterocycles. The van der Waals surface area contributed by atoms with Crippen molar-refractivity contribution >= 4 is 39.1 Å². The van der Waals surface area contributed by atoms with E-state index in [4.69, 9.17) is 11.6 Å². The average Bonchev–Trinajstić information content (AvgIpc) is 2.40. The first-order valence-electron chi connectivity index (χ1n) is 5.57. The van der Waals surface area contributed by atoms with Gasteiger partial charge in [-0.2, -0.15) is 13.2 Å². The van der Waals surface area contributed by atoms with Crippen molar-refractivity contribution in [1.82, 2.24) is 4.98 Å². The molecule has 1 heterocycles. The fraction of sp³-hybridized carbons (Fsp3) is 0.0769. The van der Waals surface area contributed by atoms with Gasteiger partial charge in [-0.15, -0.1) is 0 Å². The van der Waals surface area contributed by atoms with E-state index in [-0.39, 0.29) is 20.9 Å². The Labute approximate surface area is 131 Å². The van der Waals surface area contributed by atoms with Gasteiger partial charge in [-0.3, -0.25) is 4.79 Å². The van der Waals surface area contributed by atoms with Gasteiger partial charge in [-0.1, -0.05) is 27.5 Å². The van der Waals surface area contributed by atoms with Gasteiger partial charge in [0.1, 0.15) is 0 Å². The van der Waals surface area contributed by atoms with Gasteiger partial charge in [0.05, 0.1) is 11.3 Å². The van der Waals surface area contributed by atoms with Crippen LogP contribution in [-0.4, -0.2) is 10.9 Å². The summed E-state index contributed by atoms with van der Waals surface area (Å²) in [4.78, 5) is 15.7. The van der Waals surface area contributed by atoms with Crippen LogP contribution in [0.1, 0.15) is 15.9 Å². The van der Waals surface area contributed by atoms with Crippen molar-refractivity contribution in [3.05, 3.63) is 57.3 Å². The lowest BCUT2D eigenvalue weighted by atomic mass is 10.1. The summed E-state index contributed by atoms with van der Waals surface area (Å²) in [7, 11) is 0. The number of halogens is 5. The first kappa shape index (κ1) is 15.8. The van der Waals surface area contributed by atoms with Crippen LogP contribution < -0.4 is 5.32 Å². The molecule has 0 spiro atoms. The fourth-order valence-corrected chi connectivity index (χ4v) is 2.20. The normalized spacial score (nSPS) is 11.3. The number of rotatable bonds is 2. The number of carbonyl (C=O) groups excluding carboxylic acids is 1. The minimum Gasteiger partial charge on any atom is -0.319 e. The van der Waals surface area contributed by atoms with E-state index in [1.807, 2.05) is 0 Å². The molecule has 2 aromatic rings. The Kier molecular flexibility index (Phi) is 4.53. The molecule has 8 heteroatoms. The van der Waals surface area contributed by atoms with Gasteiger partial charge >= 0.3 is 6.18 Å². The summed E-state index contributed by atoms with van der Waals surface area (Å²) in [6.07, 6.45) is -3.12. The minimum absolute atomic E-state index is 0.0546. The summed E-state index contributed by atoms with van der Waals surface area (Å²) in [5.74, 6) is -0.706. The summed E-state index contributed by atoms with van der Waals surface area (Å²) < 4.78 is 38.2. The van der Waals surface area contributed by atoms with Crippen LogP contribution in [0.25, 0.3) is 0 Å². The highest BCUT2D eigenvalue weighted by molar-refractivity contribution is 9.10. The van der Waals surface area contributed by atoms with Gasteiger partial charge in [-0.05, 0) is 30.3 Å². The molecule has 110 valence electrons. The van der Waals surface area contributed by atoms with Crippen LogP contribution in [0.3, 0.4) is 0 Å². The number of aromatic nitrogens is 1. The molecule has 1 amide bonds. The Balaban J connectivity index is 2.31. The summed E-state index contributed by atoms with van der Waals surface area (Å²) >= 11 is 8.58. The largest absolute Gasteiger partial charge is 0.417 e. The third-order valence-corrected chi connectivity index (χ3v) is 3.53. The lowest BCUT2D eigenvalue weighted by Crippen LogP contribution is -2.14. The Morgan fingerprint density at radius 1 is 1.29 bits per heavy atom. The van der Waals surface area contributed by atoms with Crippen molar-refractivity contribution in [3.8, 4) is 0 Å². The third kappa shape index (κ3) is 3.74. The van der Waals surface area contributed by atoms with Gasteiger partial charge in [0, 0.05) is 16.2 Å². The monoisotopic (exact) mass is 378 g/mol. The SMILES string of the molecule is O=C(Nc1cccnc1Cl)c1ccc(Br)c(C(F)(F)F)c1. The molecule has 0 aliphatic carbocycles. The van der Waals surface area contributed by atoms with Crippen LogP contribution in [0.15, 0.2) is 41.0 Å². The number of alkyl halides is 3. The lowest BCUT2D eigenvalue weighted by Gasteiger charge is -2.11. The Bertz CT molecular complexity index is 691. The maximum absolute atomic E-state index is 12.8. The smallest absolute Gasteiger partial charge is 0.319 e. The maximum atomic E-state index is 12.8. The molecule has 0 radical (unpaired) electrons. The molecule has 21 heavy (non-hydrogen) atoms. The number of nitrogens with one attached hydrogen (secondary N) is 1. The predicted molar refractivity (Wildman–Crippen MR) is 76.3 cm³/mol. The topological polar surface area (TPSA) is 42.0 Å². The zero-order valence-corrected chi connectivity index (χ0v) is 12.6. The van der Waals surface area contributed by atoms with E-state index < -0.39 is 17.6 Å². The van der Waals surface area contributed by atoms with Crippen LogP contribution in [0.4, 0.5) is 18.9 Å². The molecule has 0 saturated carbocycles. The van der Waals surface area contributed by atoms with E-state index in [9.17, 15) is 18.0 Å². The Morgan fingerprint density at radius 3 is 2.62 bits per heavy atom. The van der Waals surface area contributed by atoms with E-state index in [1.54, 1.807) is 6.07 Å². The van der Waals surface area contributed by atoms with Crippen molar-refractivity contribution in [2.24, 2.45) is 0 Å². The standard InChI is InChI=1S/C13H7BrClF3N2O/c14-9-4-3-7(6-8(9)13(16,17)18)12(21)20-10-2-1-5-19-11(10)15/h1-6H,(H,20,21). The van der Waals surface area contributed by atoms with Gasteiger partial charge in [0.25, 0.3) is 5.91 Å². The molecule has 1 aromatic carbocycles. The van der Waals surface area contributed by atoms with Crippen molar-refractivity contribution in [2.75, 3.05) is 5.32 Å². The average molecular weight is 380 g/mol. The molecule has 2 rings (SSSR count). The Morgan fingerprint density at radius 2 is 2.00 bits per heavy atom. The summed E-state index contributed by atoms with van der Waals surface area (Å²) in [6, 6.07) is 6.26. The summed E-state index contributed by atoms with van der Waals surface area (Å²) in [6.45, 7) is 0. The van der Waals surface area contributed by atoms with Crippen molar-refractivity contribution < 1.29 is 18.0 Å². The molecular formula is C13H7BrClF3N2O. The van der Waals surface area contributed by atoms with Crippen molar-refractivity contribution in [3.63, 3.8) is 0 Å². The highest BCUT2D eigenvalue weighted by Gasteiger charge is 2.33. The predicted octanol–water partition coefficient (Wildman–Crippen LogP) is 4.77. The van der Waals surface area contributed by atoms with E-state index in [0.29, 0.717) is 0 Å². The molecule has 0 aliphatic rings. The Hall–Kier alpha value is -1.60. The fourth-order valence-electron chi connectivity index (χ4n) is 1.56. The van der Waals surface area contributed by atoms with Gasteiger partial charge in [0.2, 0.25) is 0 Å². The number of amides is 1. The molecule has 3 nitrogen and oxygen atoms in total. The van der Waals surface area contributed by atoms with Gasteiger partial charge in [-0.25, -0.2) is 4.98 Å². The van der Waals surface area contributed by atoms with E-state index >= 15 is 0 Å². The molecule has 0 saturated heterocycles. The number of carbonyl (C=O) groups is 1. The second kappa shape index (κ2) is 6.03. The van der Waals surface area contributed by atoms with Crippen LogP contribution in [-0.2, 0) is 6.18 Å². The zero-order valence-electron chi connectivity index (χ0n) is 10.2. The van der Waals surface area contributed by atoms with Crippen LogP contribution in [0, 0.1) is 0 Å². The first-order valence-corrected chi connectivity index (χ1v) is 6.75. The number of nitrogens with zero attached hydrogens (tertiary/aromatic N) is 1. The van der Waals surface area contributed by atoms with Crippen LogP contribution in [0.5, 0.6) is 0 Å². The van der Waals surface area contributed by atoms with Crippen molar-refractivity contribution in [1.29, 1.82) is 0 Å². The van der Waals surface area contributed by atoms with E-state index in [2.05, 4.69) is 26.2 Å². The van der Waals surface area contributed by atoms with E-state index in [0.717, 1.165) is 6.07 Å². The zero-order chi connectivity index (χ0) is 15.6. The molecular weight excluding hydrogens is 373 g/mol. The third-order valence-electron chi connectivity index (χ3n) is 2.54. The van der Waals surface area contributed by atoms with Crippen molar-refractivity contribution in [2.45, 2.75) is 6.18 Å². The second-order valence-electron chi connectivity index (χ2n) is 3.99. The molecule has 0 unspecified atom stereocenters. The number of pyridine rings is 1. The van der Waals surface area contributed by atoms with Gasteiger partial charge < -0.3 is 5.32 Å². The van der Waals surface area contributed by atoms with Gasteiger partial charge in [0.15, 0.2) is 5.15 Å². The quantitative estimate of drug-likeness (QED) is 0.764. The first-order chi connectivity index (χ1) is 9.79. The molecule has 0 atom stereocenters. The molecule has 0 bridgehead atoms. The maximum Gasteiger partial charge on any atom is 0.417 e.